The van der Waals surface area contributed by atoms with Crippen molar-refractivity contribution in [2.45, 2.75) is 25.1 Å². The molecule has 0 aliphatic carbocycles. The first-order chi connectivity index (χ1) is 13.4. The molecule has 10 heteroatoms. The number of sulfone groups is 1. The van der Waals surface area contributed by atoms with E-state index in [0.29, 0.717) is 23.6 Å². The predicted octanol–water partition coefficient (Wildman–Crippen LogP) is 1.77. The van der Waals surface area contributed by atoms with Crippen LogP contribution in [0.4, 0.5) is 4.39 Å². The van der Waals surface area contributed by atoms with Gasteiger partial charge >= 0.3 is 0 Å². The minimum absolute atomic E-state index is 0. The number of aliphatic imine (C=N–C) groups is 1. The topological polar surface area (TPSA) is 83.0 Å². The SMILES string of the molecule is CN=C(NCCCCN1CCOCC1)NCc1cc(F)ccc1CS(C)(=O)=O.I. The Hall–Kier alpha value is -0.980. The van der Waals surface area contributed by atoms with E-state index in [0.717, 1.165) is 52.2 Å². The Morgan fingerprint density at radius 1 is 1.21 bits per heavy atom. The largest absolute Gasteiger partial charge is 0.379 e. The molecule has 1 heterocycles. The normalized spacial score (nSPS) is 15.6. The Labute approximate surface area is 190 Å². The Morgan fingerprint density at radius 2 is 1.93 bits per heavy atom. The number of nitrogens with zero attached hydrogens (tertiary/aromatic N) is 2. The first kappa shape index (κ1) is 26.1. The maximum absolute atomic E-state index is 13.6. The molecular formula is C19H32FIN4O3S. The molecule has 0 atom stereocenters. The van der Waals surface area contributed by atoms with Gasteiger partial charge in [0.25, 0.3) is 0 Å². The van der Waals surface area contributed by atoms with Crippen molar-refractivity contribution in [1.29, 1.82) is 0 Å². The number of ether oxygens (including phenoxy) is 1. The van der Waals surface area contributed by atoms with Crippen LogP contribution in [0.5, 0.6) is 0 Å². The number of guanidine groups is 1. The van der Waals surface area contributed by atoms with Gasteiger partial charge in [-0.1, -0.05) is 6.07 Å². The number of hydrogen-bond acceptors (Lipinski definition) is 5. The second-order valence-electron chi connectivity index (χ2n) is 7.00. The summed E-state index contributed by atoms with van der Waals surface area (Å²) in [7, 11) is -1.52. The molecule has 1 aliphatic rings. The van der Waals surface area contributed by atoms with E-state index in [-0.39, 0.29) is 35.5 Å². The van der Waals surface area contributed by atoms with Gasteiger partial charge in [0.2, 0.25) is 0 Å². The highest BCUT2D eigenvalue weighted by atomic mass is 127. The zero-order chi connectivity index (χ0) is 20.4. The Balaban J connectivity index is 0.00000420. The van der Waals surface area contributed by atoms with Crippen LogP contribution in [0.1, 0.15) is 24.0 Å². The quantitative estimate of drug-likeness (QED) is 0.214. The molecule has 1 saturated heterocycles. The number of halogens is 2. The minimum Gasteiger partial charge on any atom is -0.379 e. The highest BCUT2D eigenvalue weighted by Gasteiger charge is 2.12. The third kappa shape index (κ3) is 10.6. The fourth-order valence-corrected chi connectivity index (χ4v) is 3.92. The maximum Gasteiger partial charge on any atom is 0.191 e. The molecule has 1 fully saturated rings. The summed E-state index contributed by atoms with van der Waals surface area (Å²) < 4.78 is 42.1. The van der Waals surface area contributed by atoms with Gasteiger partial charge in [0.1, 0.15) is 5.82 Å². The third-order valence-electron chi connectivity index (χ3n) is 4.55. The van der Waals surface area contributed by atoms with Crippen LogP contribution in [0, 0.1) is 5.82 Å². The van der Waals surface area contributed by atoms with Gasteiger partial charge in [-0.25, -0.2) is 12.8 Å². The predicted molar refractivity (Wildman–Crippen MR) is 125 cm³/mol. The highest BCUT2D eigenvalue weighted by molar-refractivity contribution is 14.0. The fraction of sp³-hybridized carbons (Fsp3) is 0.632. The number of nitrogens with one attached hydrogen (secondary N) is 2. The van der Waals surface area contributed by atoms with Crippen molar-refractivity contribution >= 4 is 39.8 Å². The molecule has 0 saturated carbocycles. The van der Waals surface area contributed by atoms with Crippen LogP contribution < -0.4 is 10.6 Å². The van der Waals surface area contributed by atoms with Gasteiger partial charge < -0.3 is 15.4 Å². The summed E-state index contributed by atoms with van der Waals surface area (Å²) in [5, 5.41) is 6.37. The third-order valence-corrected chi connectivity index (χ3v) is 5.39. The molecule has 2 rings (SSSR count). The van der Waals surface area contributed by atoms with Gasteiger partial charge in [-0.2, -0.15) is 0 Å². The lowest BCUT2D eigenvalue weighted by molar-refractivity contribution is 0.0372. The number of morpholine rings is 1. The Bertz CT molecular complexity index is 756. The van der Waals surface area contributed by atoms with Crippen molar-refractivity contribution in [2.75, 3.05) is 52.7 Å². The van der Waals surface area contributed by atoms with Crippen LogP contribution in [0.2, 0.25) is 0 Å². The summed E-state index contributed by atoms with van der Waals surface area (Å²) in [6.45, 7) is 5.78. The fourth-order valence-electron chi connectivity index (χ4n) is 3.07. The number of hydrogen-bond donors (Lipinski definition) is 2. The van der Waals surface area contributed by atoms with E-state index in [9.17, 15) is 12.8 Å². The summed E-state index contributed by atoms with van der Waals surface area (Å²) >= 11 is 0. The average molecular weight is 542 g/mol. The van der Waals surface area contributed by atoms with Crippen LogP contribution in [-0.2, 0) is 26.9 Å². The highest BCUT2D eigenvalue weighted by Crippen LogP contribution is 2.14. The summed E-state index contributed by atoms with van der Waals surface area (Å²) in [5.74, 6) is 0.110. The molecule has 0 bridgehead atoms. The number of benzene rings is 1. The van der Waals surface area contributed by atoms with Crippen LogP contribution in [-0.4, -0.2) is 72.0 Å². The van der Waals surface area contributed by atoms with Crippen molar-refractivity contribution in [3.05, 3.63) is 35.1 Å². The monoisotopic (exact) mass is 542 g/mol. The molecule has 2 N–H and O–H groups in total. The first-order valence-electron chi connectivity index (χ1n) is 9.57. The summed E-state index contributed by atoms with van der Waals surface area (Å²) in [5.41, 5.74) is 1.21. The van der Waals surface area contributed by atoms with E-state index in [1.807, 2.05) is 0 Å². The van der Waals surface area contributed by atoms with Crippen molar-refractivity contribution in [1.82, 2.24) is 15.5 Å². The average Bonchev–Trinajstić information content (AvgIpc) is 2.65. The lowest BCUT2D eigenvalue weighted by Crippen LogP contribution is -2.38. The van der Waals surface area contributed by atoms with E-state index in [1.165, 1.54) is 24.5 Å². The summed E-state index contributed by atoms with van der Waals surface area (Å²) in [4.78, 5) is 6.58. The smallest absolute Gasteiger partial charge is 0.191 e. The van der Waals surface area contributed by atoms with Crippen LogP contribution in [0.25, 0.3) is 0 Å². The lowest BCUT2D eigenvalue weighted by atomic mass is 10.1. The molecule has 1 aromatic rings. The van der Waals surface area contributed by atoms with Gasteiger partial charge in [0, 0.05) is 39.5 Å². The van der Waals surface area contributed by atoms with E-state index < -0.39 is 9.84 Å². The Morgan fingerprint density at radius 3 is 2.59 bits per heavy atom. The molecule has 0 spiro atoms. The second kappa shape index (κ2) is 13.3. The van der Waals surface area contributed by atoms with Crippen molar-refractivity contribution < 1.29 is 17.5 Å². The zero-order valence-corrected chi connectivity index (χ0v) is 20.3. The molecular weight excluding hydrogens is 510 g/mol. The van der Waals surface area contributed by atoms with E-state index in [1.54, 1.807) is 7.05 Å². The van der Waals surface area contributed by atoms with Crippen molar-refractivity contribution in [3.8, 4) is 0 Å². The van der Waals surface area contributed by atoms with E-state index >= 15 is 0 Å². The number of unbranched alkanes of at least 4 members (excludes halogenated alkanes) is 1. The molecule has 0 amide bonds. The van der Waals surface area contributed by atoms with Crippen LogP contribution in [0.3, 0.4) is 0 Å². The molecule has 0 unspecified atom stereocenters. The van der Waals surface area contributed by atoms with Crippen molar-refractivity contribution in [3.63, 3.8) is 0 Å². The maximum atomic E-state index is 13.6. The minimum atomic E-state index is -3.19. The lowest BCUT2D eigenvalue weighted by Gasteiger charge is -2.26. The molecule has 7 nitrogen and oxygen atoms in total. The molecule has 29 heavy (non-hydrogen) atoms. The van der Waals surface area contributed by atoms with Crippen LogP contribution >= 0.6 is 24.0 Å². The summed E-state index contributed by atoms with van der Waals surface area (Å²) in [6, 6.07) is 4.17. The van der Waals surface area contributed by atoms with Gasteiger partial charge in [0.15, 0.2) is 15.8 Å². The molecule has 166 valence electrons. The van der Waals surface area contributed by atoms with E-state index in [2.05, 4.69) is 20.5 Å². The molecule has 0 radical (unpaired) electrons. The first-order valence-corrected chi connectivity index (χ1v) is 11.6. The standard InChI is InChI=1S/C19H31FN4O3S.HI/c1-21-19(22-7-3-4-8-24-9-11-27-12-10-24)23-14-17-13-18(20)6-5-16(17)15-28(2,25)26;/h5-6,13H,3-4,7-12,14-15H2,1-2H3,(H2,21,22,23);1H. The van der Waals surface area contributed by atoms with Crippen LogP contribution in [0.15, 0.2) is 23.2 Å². The zero-order valence-electron chi connectivity index (χ0n) is 17.1. The molecule has 0 aromatic heterocycles. The van der Waals surface area contributed by atoms with Gasteiger partial charge in [-0.3, -0.25) is 9.89 Å². The summed E-state index contributed by atoms with van der Waals surface area (Å²) in [6.07, 6.45) is 3.27. The molecule has 1 aliphatic heterocycles. The van der Waals surface area contributed by atoms with E-state index in [4.69, 9.17) is 4.74 Å². The number of rotatable bonds is 9. The second-order valence-corrected chi connectivity index (χ2v) is 9.14. The van der Waals surface area contributed by atoms with Gasteiger partial charge in [0.05, 0.1) is 19.0 Å². The molecule has 1 aromatic carbocycles. The van der Waals surface area contributed by atoms with Gasteiger partial charge in [-0.15, -0.1) is 24.0 Å². The van der Waals surface area contributed by atoms with Crippen molar-refractivity contribution in [2.24, 2.45) is 4.99 Å². The van der Waals surface area contributed by atoms with Gasteiger partial charge in [-0.05, 0) is 42.6 Å². The Kier molecular flexibility index (Phi) is 12.0.